The Labute approximate surface area is 95.0 Å². The predicted molar refractivity (Wildman–Crippen MR) is 64.9 cm³/mol. The Hall–Kier alpha value is -1.71. The normalized spacial score (nSPS) is 16.8. The van der Waals surface area contributed by atoms with Gasteiger partial charge in [0.25, 0.3) is 5.91 Å². The number of nitrogens with one attached hydrogen (secondary N) is 1. The fourth-order valence-electron chi connectivity index (χ4n) is 1.81. The lowest BCUT2D eigenvalue weighted by molar-refractivity contribution is 0.0936. The number of hydrogen-bond acceptors (Lipinski definition) is 3. The van der Waals surface area contributed by atoms with Crippen LogP contribution in [0.25, 0.3) is 0 Å². The molecule has 0 radical (unpaired) electrons. The zero-order valence-corrected chi connectivity index (χ0v) is 9.36. The highest BCUT2D eigenvalue weighted by Gasteiger charge is 2.29. The van der Waals surface area contributed by atoms with Crippen LogP contribution in [-0.2, 0) is 0 Å². The van der Waals surface area contributed by atoms with Crippen molar-refractivity contribution in [2.45, 2.75) is 25.8 Å². The summed E-state index contributed by atoms with van der Waals surface area (Å²) in [6.45, 7) is 2.03. The van der Waals surface area contributed by atoms with Crippen molar-refractivity contribution in [1.82, 2.24) is 5.32 Å². The van der Waals surface area contributed by atoms with Crippen LogP contribution < -0.4 is 16.8 Å². The van der Waals surface area contributed by atoms with E-state index in [1.54, 1.807) is 18.2 Å². The molecule has 1 aromatic rings. The van der Waals surface area contributed by atoms with Crippen LogP contribution in [0.5, 0.6) is 0 Å². The zero-order chi connectivity index (χ0) is 11.7. The Morgan fingerprint density at radius 1 is 1.31 bits per heavy atom. The summed E-state index contributed by atoms with van der Waals surface area (Å²) < 4.78 is 0. The number of anilines is 2. The second kappa shape index (κ2) is 4.04. The molecule has 0 spiro atoms. The molecule has 4 heteroatoms. The minimum Gasteiger partial charge on any atom is -0.399 e. The summed E-state index contributed by atoms with van der Waals surface area (Å²) in [6, 6.07) is 5.16. The fourth-order valence-corrected chi connectivity index (χ4v) is 1.81. The first kappa shape index (κ1) is 10.8. The van der Waals surface area contributed by atoms with Crippen molar-refractivity contribution < 1.29 is 4.79 Å². The molecular formula is C12H17N3O. The Morgan fingerprint density at radius 2 is 1.88 bits per heavy atom. The van der Waals surface area contributed by atoms with Gasteiger partial charge in [0, 0.05) is 23.0 Å². The minimum atomic E-state index is -0.0987. The van der Waals surface area contributed by atoms with Gasteiger partial charge in [0.2, 0.25) is 0 Å². The lowest BCUT2D eigenvalue weighted by Crippen LogP contribution is -2.34. The molecule has 1 aliphatic carbocycles. The standard InChI is InChI=1S/C12H17N3O/c1-7(8-2-3-8)15-12(16)9-4-10(13)6-11(14)5-9/h4-8H,2-3,13-14H2,1H3,(H,15,16). The van der Waals surface area contributed by atoms with Gasteiger partial charge in [0.1, 0.15) is 0 Å². The van der Waals surface area contributed by atoms with Crippen molar-refractivity contribution in [3.63, 3.8) is 0 Å². The first-order valence-corrected chi connectivity index (χ1v) is 5.53. The summed E-state index contributed by atoms with van der Waals surface area (Å²) >= 11 is 0. The largest absolute Gasteiger partial charge is 0.399 e. The van der Waals surface area contributed by atoms with Gasteiger partial charge in [-0.25, -0.2) is 0 Å². The van der Waals surface area contributed by atoms with Crippen LogP contribution in [0.1, 0.15) is 30.1 Å². The van der Waals surface area contributed by atoms with E-state index in [1.807, 2.05) is 6.92 Å². The van der Waals surface area contributed by atoms with Crippen LogP contribution in [-0.4, -0.2) is 11.9 Å². The molecule has 16 heavy (non-hydrogen) atoms. The van der Waals surface area contributed by atoms with Crippen molar-refractivity contribution in [2.75, 3.05) is 11.5 Å². The average molecular weight is 219 g/mol. The Balaban J connectivity index is 2.07. The van der Waals surface area contributed by atoms with Crippen molar-refractivity contribution in [2.24, 2.45) is 5.92 Å². The first-order chi connectivity index (χ1) is 7.56. The topological polar surface area (TPSA) is 81.1 Å². The number of amides is 1. The number of rotatable bonds is 3. The molecule has 0 aliphatic heterocycles. The second-order valence-electron chi connectivity index (χ2n) is 4.49. The van der Waals surface area contributed by atoms with E-state index in [0.717, 1.165) is 0 Å². The molecule has 0 aromatic heterocycles. The van der Waals surface area contributed by atoms with Crippen molar-refractivity contribution in [3.8, 4) is 0 Å². The molecule has 0 saturated heterocycles. The lowest BCUT2D eigenvalue weighted by Gasteiger charge is -2.13. The molecule has 86 valence electrons. The van der Waals surface area contributed by atoms with Crippen molar-refractivity contribution in [1.29, 1.82) is 0 Å². The van der Waals surface area contributed by atoms with Gasteiger partial charge in [-0.05, 0) is 43.9 Å². The van der Waals surface area contributed by atoms with Gasteiger partial charge in [-0.15, -0.1) is 0 Å². The third-order valence-electron chi connectivity index (χ3n) is 2.93. The van der Waals surface area contributed by atoms with Gasteiger partial charge in [-0.3, -0.25) is 4.79 Å². The molecule has 0 bridgehead atoms. The van der Waals surface area contributed by atoms with Crippen LogP contribution in [0.3, 0.4) is 0 Å². The Kier molecular flexibility index (Phi) is 2.73. The number of benzene rings is 1. The smallest absolute Gasteiger partial charge is 0.251 e. The second-order valence-corrected chi connectivity index (χ2v) is 4.49. The van der Waals surface area contributed by atoms with E-state index in [-0.39, 0.29) is 11.9 Å². The van der Waals surface area contributed by atoms with Gasteiger partial charge < -0.3 is 16.8 Å². The minimum absolute atomic E-state index is 0.0987. The average Bonchev–Trinajstić information content (AvgIpc) is 2.98. The highest BCUT2D eigenvalue weighted by Crippen LogP contribution is 2.32. The third kappa shape index (κ3) is 2.45. The summed E-state index contributed by atoms with van der Waals surface area (Å²) in [6.07, 6.45) is 2.42. The van der Waals surface area contributed by atoms with Crippen LogP contribution >= 0.6 is 0 Å². The summed E-state index contributed by atoms with van der Waals surface area (Å²) in [5, 5.41) is 2.96. The molecule has 1 aliphatic rings. The molecule has 1 fully saturated rings. The van der Waals surface area contributed by atoms with Crippen molar-refractivity contribution in [3.05, 3.63) is 23.8 Å². The monoisotopic (exact) mass is 219 g/mol. The highest BCUT2D eigenvalue weighted by molar-refractivity contribution is 5.96. The quantitative estimate of drug-likeness (QED) is 0.672. The molecule has 1 aromatic carbocycles. The van der Waals surface area contributed by atoms with Gasteiger partial charge in [0.05, 0.1) is 0 Å². The maximum Gasteiger partial charge on any atom is 0.251 e. The molecule has 4 nitrogen and oxygen atoms in total. The molecule has 1 amide bonds. The molecular weight excluding hydrogens is 202 g/mol. The fraction of sp³-hybridized carbons (Fsp3) is 0.417. The van der Waals surface area contributed by atoms with Crippen molar-refractivity contribution >= 4 is 17.3 Å². The number of carbonyl (C=O) groups is 1. The molecule has 2 rings (SSSR count). The molecule has 0 heterocycles. The Morgan fingerprint density at radius 3 is 2.38 bits per heavy atom. The van der Waals surface area contributed by atoms with Crippen LogP contribution in [0, 0.1) is 5.92 Å². The zero-order valence-electron chi connectivity index (χ0n) is 9.36. The van der Waals surface area contributed by atoms with Gasteiger partial charge in [-0.2, -0.15) is 0 Å². The molecule has 1 atom stereocenters. The molecule has 1 saturated carbocycles. The van der Waals surface area contributed by atoms with Crippen LogP contribution in [0.4, 0.5) is 11.4 Å². The van der Waals surface area contributed by atoms with Gasteiger partial charge >= 0.3 is 0 Å². The summed E-state index contributed by atoms with van der Waals surface area (Å²) in [5.74, 6) is 0.542. The van der Waals surface area contributed by atoms with Gasteiger partial charge in [0.15, 0.2) is 0 Å². The van der Waals surface area contributed by atoms with Gasteiger partial charge in [-0.1, -0.05) is 0 Å². The summed E-state index contributed by atoms with van der Waals surface area (Å²) in [7, 11) is 0. The van der Waals surface area contributed by atoms with E-state index in [4.69, 9.17) is 11.5 Å². The van der Waals surface area contributed by atoms with E-state index >= 15 is 0 Å². The molecule has 5 N–H and O–H groups in total. The number of carbonyl (C=O) groups excluding carboxylic acids is 1. The molecule has 1 unspecified atom stereocenters. The van der Waals surface area contributed by atoms with E-state index in [9.17, 15) is 4.79 Å². The predicted octanol–water partition coefficient (Wildman–Crippen LogP) is 1.38. The first-order valence-electron chi connectivity index (χ1n) is 5.53. The van der Waals surface area contributed by atoms with E-state index in [2.05, 4.69) is 5.32 Å². The lowest BCUT2D eigenvalue weighted by atomic mass is 10.1. The van der Waals surface area contributed by atoms with E-state index in [0.29, 0.717) is 22.9 Å². The van der Waals surface area contributed by atoms with E-state index in [1.165, 1.54) is 12.8 Å². The van der Waals surface area contributed by atoms with E-state index < -0.39 is 0 Å². The van der Waals surface area contributed by atoms with Crippen LogP contribution in [0.15, 0.2) is 18.2 Å². The highest BCUT2D eigenvalue weighted by atomic mass is 16.1. The summed E-state index contributed by atoms with van der Waals surface area (Å²) in [4.78, 5) is 11.9. The maximum absolute atomic E-state index is 11.9. The summed E-state index contributed by atoms with van der Waals surface area (Å²) in [5.41, 5.74) is 12.8. The SMILES string of the molecule is CC(NC(=O)c1cc(N)cc(N)c1)C1CC1. The Bertz CT molecular complexity index is 392. The number of nitrogens with two attached hydrogens (primary N) is 2. The number of hydrogen-bond donors (Lipinski definition) is 3. The maximum atomic E-state index is 11.9. The number of nitrogen functional groups attached to an aromatic ring is 2. The van der Waals surface area contributed by atoms with Crippen LogP contribution in [0.2, 0.25) is 0 Å². The third-order valence-corrected chi connectivity index (χ3v) is 2.93.